The molecule has 1 aliphatic heterocycles. The van der Waals surface area contributed by atoms with Crippen LogP contribution in [0.5, 0.6) is 0 Å². The molecular weight excluding hydrogens is 402 g/mol. The predicted molar refractivity (Wildman–Crippen MR) is 129 cm³/mol. The molecule has 6 heteroatoms. The van der Waals surface area contributed by atoms with Gasteiger partial charge in [-0.15, -0.1) is 11.8 Å². The van der Waals surface area contributed by atoms with E-state index in [0.717, 1.165) is 48.6 Å². The van der Waals surface area contributed by atoms with Crippen molar-refractivity contribution in [1.82, 2.24) is 14.5 Å². The first kappa shape index (κ1) is 21.7. The van der Waals surface area contributed by atoms with Crippen LogP contribution < -0.4 is 4.90 Å². The number of fused-ring (bicyclic) bond motifs is 1. The summed E-state index contributed by atoms with van der Waals surface area (Å²) < 4.78 is 2.30. The molecule has 0 N–H and O–H groups in total. The summed E-state index contributed by atoms with van der Waals surface area (Å²) in [5.41, 5.74) is 5.89. The summed E-state index contributed by atoms with van der Waals surface area (Å²) in [7, 11) is 0. The maximum atomic E-state index is 9.48. The molecule has 0 radical (unpaired) electrons. The summed E-state index contributed by atoms with van der Waals surface area (Å²) in [6, 6.07) is 9.23. The Labute approximate surface area is 189 Å². The number of piperidine rings is 1. The normalized spacial score (nSPS) is 16.8. The number of thioether (sulfide) groups is 1. The molecule has 0 aliphatic carbocycles. The maximum absolute atomic E-state index is 9.48. The molecule has 162 valence electrons. The maximum Gasteiger partial charge on any atom is 0.150 e. The fourth-order valence-corrected chi connectivity index (χ4v) is 5.21. The molecule has 0 amide bonds. The number of hydrogen-bond donors (Lipinski definition) is 0. The first-order valence-corrected chi connectivity index (χ1v) is 12.3. The van der Waals surface area contributed by atoms with Crippen LogP contribution in [0.25, 0.3) is 16.7 Å². The molecule has 1 saturated heterocycles. The van der Waals surface area contributed by atoms with Gasteiger partial charge in [0.25, 0.3) is 0 Å². The highest BCUT2D eigenvalue weighted by Crippen LogP contribution is 2.38. The van der Waals surface area contributed by atoms with E-state index in [1.165, 1.54) is 27.4 Å². The molecule has 0 saturated carbocycles. The number of nitrogens with zero attached hydrogens (tertiary/aromatic N) is 5. The molecule has 1 unspecified atom stereocenters. The van der Waals surface area contributed by atoms with Crippen LogP contribution in [0, 0.1) is 38.0 Å². The highest BCUT2D eigenvalue weighted by Gasteiger charge is 2.26. The Morgan fingerprint density at radius 3 is 2.65 bits per heavy atom. The lowest BCUT2D eigenvalue weighted by molar-refractivity contribution is 0.491. The minimum atomic E-state index is 0.0641. The third-order valence-corrected chi connectivity index (χ3v) is 7.23. The van der Waals surface area contributed by atoms with Crippen molar-refractivity contribution in [3.8, 4) is 11.8 Å². The van der Waals surface area contributed by atoms with E-state index in [2.05, 4.69) is 67.7 Å². The van der Waals surface area contributed by atoms with E-state index in [4.69, 9.17) is 9.97 Å². The van der Waals surface area contributed by atoms with Crippen LogP contribution in [0.15, 0.2) is 23.1 Å². The first-order valence-electron chi connectivity index (χ1n) is 11.0. The van der Waals surface area contributed by atoms with Gasteiger partial charge in [0.15, 0.2) is 5.65 Å². The standard InChI is InChI=1S/C25H31N5S/c1-15(2)20-9-10-21(22(12-20)31-6)30-17(4)16(3)23-24(27-18(5)28-25(23)30)29-11-7-8-19(13-26)14-29/h9-10,12,15,19H,7-8,11,14H2,1-6H3. The van der Waals surface area contributed by atoms with Gasteiger partial charge in [0.2, 0.25) is 0 Å². The van der Waals surface area contributed by atoms with Crippen molar-refractivity contribution in [2.45, 2.75) is 58.3 Å². The van der Waals surface area contributed by atoms with Crippen molar-refractivity contribution in [2.75, 3.05) is 24.2 Å². The van der Waals surface area contributed by atoms with Crippen molar-refractivity contribution >= 4 is 28.6 Å². The number of hydrogen-bond acceptors (Lipinski definition) is 5. The number of benzene rings is 1. The van der Waals surface area contributed by atoms with Crippen molar-refractivity contribution in [3.05, 3.63) is 40.8 Å². The summed E-state index contributed by atoms with van der Waals surface area (Å²) >= 11 is 1.78. The zero-order chi connectivity index (χ0) is 22.3. The highest BCUT2D eigenvalue weighted by molar-refractivity contribution is 7.98. The van der Waals surface area contributed by atoms with Crippen LogP contribution in [0.3, 0.4) is 0 Å². The van der Waals surface area contributed by atoms with Gasteiger partial charge in [-0.1, -0.05) is 19.9 Å². The lowest BCUT2D eigenvalue weighted by atomic mass is 9.99. The van der Waals surface area contributed by atoms with Crippen LogP contribution in [-0.2, 0) is 0 Å². The topological polar surface area (TPSA) is 57.7 Å². The van der Waals surface area contributed by atoms with Crippen molar-refractivity contribution < 1.29 is 0 Å². The molecule has 1 fully saturated rings. The molecule has 1 atom stereocenters. The fraction of sp³-hybridized carbons (Fsp3) is 0.480. The Hall–Kier alpha value is -2.52. The minimum Gasteiger partial charge on any atom is -0.355 e. The van der Waals surface area contributed by atoms with Crippen molar-refractivity contribution in [2.24, 2.45) is 5.92 Å². The number of aryl methyl sites for hydroxylation is 2. The Morgan fingerprint density at radius 2 is 1.97 bits per heavy atom. The van der Waals surface area contributed by atoms with Gasteiger partial charge in [0.05, 0.1) is 23.1 Å². The van der Waals surface area contributed by atoms with Gasteiger partial charge in [0.1, 0.15) is 11.6 Å². The Kier molecular flexibility index (Phi) is 5.98. The zero-order valence-corrected chi connectivity index (χ0v) is 20.2. The van der Waals surface area contributed by atoms with E-state index in [0.29, 0.717) is 5.92 Å². The van der Waals surface area contributed by atoms with Crippen LogP contribution in [0.4, 0.5) is 5.82 Å². The quantitative estimate of drug-likeness (QED) is 0.477. The summed E-state index contributed by atoms with van der Waals surface area (Å²) in [5.74, 6) is 2.30. The molecule has 3 heterocycles. The van der Waals surface area contributed by atoms with Gasteiger partial charge >= 0.3 is 0 Å². The van der Waals surface area contributed by atoms with E-state index in [9.17, 15) is 5.26 Å². The van der Waals surface area contributed by atoms with Crippen LogP contribution >= 0.6 is 11.8 Å². The van der Waals surface area contributed by atoms with E-state index >= 15 is 0 Å². The van der Waals surface area contributed by atoms with Crippen LogP contribution in [0.1, 0.15) is 55.3 Å². The molecule has 0 spiro atoms. The van der Waals surface area contributed by atoms with Crippen LogP contribution in [-0.4, -0.2) is 33.9 Å². The minimum absolute atomic E-state index is 0.0641. The van der Waals surface area contributed by atoms with E-state index in [-0.39, 0.29) is 5.92 Å². The molecular formula is C25H31N5S. The van der Waals surface area contributed by atoms with Crippen molar-refractivity contribution in [1.29, 1.82) is 5.26 Å². The number of aromatic nitrogens is 3. The summed E-state index contributed by atoms with van der Waals surface area (Å²) in [5, 5.41) is 10.6. The first-order chi connectivity index (χ1) is 14.8. The summed E-state index contributed by atoms with van der Waals surface area (Å²) in [6.07, 6.45) is 4.13. The van der Waals surface area contributed by atoms with Gasteiger partial charge in [0, 0.05) is 23.7 Å². The highest BCUT2D eigenvalue weighted by atomic mass is 32.2. The largest absolute Gasteiger partial charge is 0.355 e. The second-order valence-electron chi connectivity index (χ2n) is 8.84. The van der Waals surface area contributed by atoms with Gasteiger partial charge < -0.3 is 4.90 Å². The SMILES string of the molecule is CSc1cc(C(C)C)ccc1-n1c(C)c(C)c2c(N3CCCC(C#N)C3)nc(C)nc21. The Balaban J connectivity index is 1.95. The van der Waals surface area contributed by atoms with Gasteiger partial charge in [-0.05, 0) is 69.0 Å². The molecule has 0 bridgehead atoms. The number of rotatable bonds is 4. The second kappa shape index (κ2) is 8.55. The number of anilines is 1. The van der Waals surface area contributed by atoms with E-state index in [1.807, 2.05) is 6.92 Å². The summed E-state index contributed by atoms with van der Waals surface area (Å²) in [4.78, 5) is 13.3. The molecule has 31 heavy (non-hydrogen) atoms. The molecule has 1 aliphatic rings. The third-order valence-electron chi connectivity index (χ3n) is 6.46. The van der Waals surface area contributed by atoms with Gasteiger partial charge in [-0.25, -0.2) is 9.97 Å². The molecule has 2 aromatic heterocycles. The fourth-order valence-electron chi connectivity index (χ4n) is 4.58. The third kappa shape index (κ3) is 3.80. The smallest absolute Gasteiger partial charge is 0.150 e. The zero-order valence-electron chi connectivity index (χ0n) is 19.4. The average Bonchev–Trinajstić information content (AvgIpc) is 3.02. The van der Waals surface area contributed by atoms with E-state index < -0.39 is 0 Å². The van der Waals surface area contributed by atoms with Gasteiger partial charge in [-0.3, -0.25) is 4.57 Å². The Bertz CT molecular complexity index is 1170. The summed E-state index contributed by atoms with van der Waals surface area (Å²) in [6.45, 7) is 12.4. The molecule has 1 aromatic carbocycles. The monoisotopic (exact) mass is 433 g/mol. The predicted octanol–water partition coefficient (Wildman–Crippen LogP) is 5.93. The second-order valence-corrected chi connectivity index (χ2v) is 9.69. The molecule has 4 rings (SSSR count). The van der Waals surface area contributed by atoms with Crippen molar-refractivity contribution in [3.63, 3.8) is 0 Å². The lowest BCUT2D eigenvalue weighted by Crippen LogP contribution is -2.35. The number of nitriles is 1. The molecule has 3 aromatic rings. The Morgan fingerprint density at radius 1 is 1.19 bits per heavy atom. The van der Waals surface area contributed by atoms with E-state index in [1.54, 1.807) is 11.8 Å². The lowest BCUT2D eigenvalue weighted by Gasteiger charge is -2.31. The van der Waals surface area contributed by atoms with Gasteiger partial charge in [-0.2, -0.15) is 5.26 Å². The molecule has 5 nitrogen and oxygen atoms in total. The van der Waals surface area contributed by atoms with Crippen LogP contribution in [0.2, 0.25) is 0 Å². The average molecular weight is 434 g/mol.